The molecule has 4 rings (SSSR count). The van der Waals surface area contributed by atoms with Crippen molar-refractivity contribution in [2.75, 3.05) is 19.6 Å². The fraction of sp³-hybridized carbons (Fsp3) is 0.526. The van der Waals surface area contributed by atoms with Crippen molar-refractivity contribution in [1.82, 2.24) is 19.4 Å². The third kappa shape index (κ3) is 8.86. The molecule has 1 aromatic heterocycles. The monoisotopic (exact) mass is 698 g/mol. The number of imidazole rings is 1. The van der Waals surface area contributed by atoms with Crippen molar-refractivity contribution in [3.63, 3.8) is 0 Å². The van der Waals surface area contributed by atoms with Gasteiger partial charge in [0.2, 0.25) is 0 Å². The van der Waals surface area contributed by atoms with Gasteiger partial charge in [0.1, 0.15) is 29.6 Å². The van der Waals surface area contributed by atoms with Crippen LogP contribution in [0.2, 0.25) is 0 Å². The minimum atomic E-state index is -1.51. The lowest BCUT2D eigenvalue weighted by atomic mass is 9.82. The van der Waals surface area contributed by atoms with Gasteiger partial charge >= 0.3 is 12.1 Å². The van der Waals surface area contributed by atoms with Crippen molar-refractivity contribution >= 4 is 23.5 Å². The van der Waals surface area contributed by atoms with Gasteiger partial charge in [0.15, 0.2) is 6.10 Å². The average Bonchev–Trinajstić information content (AvgIpc) is 3.60. The Kier molecular flexibility index (Phi) is 11.7. The Morgan fingerprint density at radius 1 is 1.12 bits per heavy atom. The number of aromatic nitrogens is 2. The van der Waals surface area contributed by atoms with E-state index in [9.17, 15) is 18.8 Å². The lowest BCUT2D eigenvalue weighted by Gasteiger charge is -2.42. The molecule has 1 aliphatic carbocycles. The molecule has 0 saturated carbocycles. The van der Waals surface area contributed by atoms with Crippen LogP contribution in [0.25, 0.3) is 5.57 Å². The summed E-state index contributed by atoms with van der Waals surface area (Å²) in [5.74, 6) is -3.29. The van der Waals surface area contributed by atoms with Gasteiger partial charge in [-0.25, -0.2) is 22.9 Å². The Morgan fingerprint density at radius 2 is 1.78 bits per heavy atom. The third-order valence-electron chi connectivity index (χ3n) is 9.10. The van der Waals surface area contributed by atoms with Crippen LogP contribution in [0.15, 0.2) is 67.2 Å². The highest BCUT2D eigenvalue weighted by molar-refractivity contribution is 5.83. The van der Waals surface area contributed by atoms with Crippen LogP contribution < -0.4 is 0 Å². The maximum Gasteiger partial charge on any atom is 0.410 e. The summed E-state index contributed by atoms with van der Waals surface area (Å²) >= 11 is 0. The lowest BCUT2D eigenvalue weighted by Crippen LogP contribution is -2.50. The summed E-state index contributed by atoms with van der Waals surface area (Å²) in [6, 6.07) is 8.46. The highest BCUT2D eigenvalue weighted by Crippen LogP contribution is 2.43. The maximum atomic E-state index is 15.8. The van der Waals surface area contributed by atoms with E-state index in [1.165, 1.54) is 29.7 Å². The molecule has 0 N–H and O–H groups in total. The first kappa shape index (κ1) is 38.5. The van der Waals surface area contributed by atoms with Crippen LogP contribution in [0.1, 0.15) is 78.5 Å². The number of hydrogen-bond acceptors (Lipinski definition) is 6. The van der Waals surface area contributed by atoms with E-state index in [-0.39, 0.29) is 37.4 Å². The van der Waals surface area contributed by atoms with Gasteiger partial charge in [-0.05, 0) is 45.4 Å². The number of likely N-dealkylation sites (tertiary alicyclic amines) is 1. The van der Waals surface area contributed by atoms with Gasteiger partial charge in [-0.2, -0.15) is 0 Å². The zero-order valence-corrected chi connectivity index (χ0v) is 30.2. The number of hydrogen-bond donors (Lipinski definition) is 0. The van der Waals surface area contributed by atoms with Crippen LogP contribution in [0, 0.1) is 17.3 Å². The fourth-order valence-corrected chi connectivity index (χ4v) is 6.42. The lowest BCUT2D eigenvalue weighted by molar-refractivity contribution is -0.160. The summed E-state index contributed by atoms with van der Waals surface area (Å²) in [5.41, 5.74) is -0.592. The Balaban J connectivity index is 1.88. The van der Waals surface area contributed by atoms with Crippen molar-refractivity contribution in [3.05, 3.63) is 84.2 Å². The molecule has 1 saturated heterocycles. The van der Waals surface area contributed by atoms with E-state index in [1.54, 1.807) is 44.5 Å². The number of rotatable bonds is 11. The smallest absolute Gasteiger partial charge is 0.410 e. The molecule has 2 aromatic rings. The quantitative estimate of drug-likeness (QED) is 0.180. The largest absolute Gasteiger partial charge is 0.453 e. The van der Waals surface area contributed by atoms with Crippen molar-refractivity contribution < 1.29 is 37.0 Å². The first-order valence-electron chi connectivity index (χ1n) is 16.9. The summed E-state index contributed by atoms with van der Waals surface area (Å²) in [4.78, 5) is 46.9. The van der Waals surface area contributed by atoms with Gasteiger partial charge < -0.3 is 23.8 Å². The first-order chi connectivity index (χ1) is 23.3. The molecule has 0 spiro atoms. The highest BCUT2D eigenvalue weighted by atomic mass is 19.1. The standard InChI is InChI=1S/C38H49F3N4O5/c1-10-38(8,9)33(34-42-31(32-23(2)28(39)16-17-29(32)40)22-43(34)18-26-14-12-11-13-15-26)45(35(47)24(3)49-25(4)46)20-27-19-44(21-30(27)41)36(48)50-37(5,6)7/h10-17,22-24,27-28,30,33H,1,18-21H2,2-9H3/t23?,24-,27-,28?,30-,33-/m0/s1. The molecule has 6 atom stereocenters. The molecule has 272 valence electrons. The molecular weight excluding hydrogens is 649 g/mol. The van der Waals surface area contributed by atoms with Crippen LogP contribution in [-0.2, 0) is 25.6 Å². The zero-order valence-electron chi connectivity index (χ0n) is 30.2. The predicted octanol–water partition coefficient (Wildman–Crippen LogP) is 7.39. The Labute approximate surface area is 292 Å². The molecule has 1 aromatic carbocycles. The molecular formula is C38H49F3N4O5. The summed E-state index contributed by atoms with van der Waals surface area (Å²) in [7, 11) is 0. The van der Waals surface area contributed by atoms with E-state index in [0.29, 0.717) is 5.82 Å². The van der Waals surface area contributed by atoms with Crippen LogP contribution in [-0.4, -0.2) is 81.0 Å². The third-order valence-corrected chi connectivity index (χ3v) is 9.10. The van der Waals surface area contributed by atoms with Gasteiger partial charge in [-0.1, -0.05) is 57.2 Å². The molecule has 9 nitrogen and oxygen atoms in total. The van der Waals surface area contributed by atoms with Gasteiger partial charge in [0.25, 0.3) is 5.91 Å². The number of allylic oxidation sites excluding steroid dienone is 4. The normalized spacial score (nSPS) is 22.3. The number of esters is 1. The molecule has 2 aliphatic rings. The molecule has 12 heteroatoms. The van der Waals surface area contributed by atoms with Gasteiger partial charge in [0, 0.05) is 55.6 Å². The number of halogens is 3. The SMILES string of the molecule is C=CC(C)(C)[C@H](c1nc(C2=C(F)C=CC(F)C2C)cn1Cc1ccccc1)N(C[C@@H]1CN(C(=O)OC(C)(C)C)C[C@@H]1F)C(=O)[C@H](C)OC(C)=O. The second kappa shape index (κ2) is 15.3. The second-order valence-electron chi connectivity index (χ2n) is 14.8. The van der Waals surface area contributed by atoms with Gasteiger partial charge in [-0.15, -0.1) is 6.58 Å². The molecule has 2 heterocycles. The molecule has 2 amide bonds. The Morgan fingerprint density at radius 3 is 2.38 bits per heavy atom. The number of ether oxygens (including phenoxy) is 2. The molecule has 0 radical (unpaired) electrons. The van der Waals surface area contributed by atoms with Gasteiger partial charge in [-0.3, -0.25) is 9.59 Å². The van der Waals surface area contributed by atoms with E-state index in [1.807, 2.05) is 44.2 Å². The van der Waals surface area contributed by atoms with Crippen LogP contribution in [0.4, 0.5) is 18.0 Å². The van der Waals surface area contributed by atoms with Crippen LogP contribution in [0.3, 0.4) is 0 Å². The van der Waals surface area contributed by atoms with Crippen molar-refractivity contribution in [1.29, 1.82) is 0 Å². The van der Waals surface area contributed by atoms with Crippen molar-refractivity contribution in [2.45, 2.75) is 92.0 Å². The van der Waals surface area contributed by atoms with Crippen LogP contribution in [0.5, 0.6) is 0 Å². The average molecular weight is 699 g/mol. The van der Waals surface area contributed by atoms with Crippen molar-refractivity contribution in [2.24, 2.45) is 17.3 Å². The van der Waals surface area contributed by atoms with E-state index in [0.717, 1.165) is 11.6 Å². The summed E-state index contributed by atoms with van der Waals surface area (Å²) < 4.78 is 58.8. The molecule has 1 fully saturated rings. The van der Waals surface area contributed by atoms with E-state index in [2.05, 4.69) is 6.58 Å². The molecule has 50 heavy (non-hydrogen) atoms. The fourth-order valence-electron chi connectivity index (χ4n) is 6.42. The second-order valence-corrected chi connectivity index (χ2v) is 14.8. The minimum absolute atomic E-state index is 0.0351. The summed E-state index contributed by atoms with van der Waals surface area (Å²) in [6.45, 7) is 16.9. The predicted molar refractivity (Wildman–Crippen MR) is 185 cm³/mol. The van der Waals surface area contributed by atoms with Gasteiger partial charge in [0.05, 0.1) is 18.3 Å². The molecule has 1 aliphatic heterocycles. The Hall–Kier alpha value is -4.35. The molecule has 2 unspecified atom stereocenters. The van der Waals surface area contributed by atoms with Crippen LogP contribution >= 0.6 is 0 Å². The number of benzene rings is 1. The number of carbonyl (C=O) groups excluding carboxylic acids is 3. The Bertz CT molecular complexity index is 1630. The van der Waals surface area contributed by atoms with E-state index < -0.39 is 71.1 Å². The highest BCUT2D eigenvalue weighted by Gasteiger charge is 2.46. The number of alkyl halides is 2. The van der Waals surface area contributed by atoms with E-state index in [4.69, 9.17) is 14.5 Å². The zero-order chi connectivity index (χ0) is 37.1. The number of amides is 2. The minimum Gasteiger partial charge on any atom is -0.453 e. The summed E-state index contributed by atoms with van der Waals surface area (Å²) in [6.07, 6.45) is 0.672. The first-order valence-corrected chi connectivity index (χ1v) is 16.9. The molecule has 0 bridgehead atoms. The number of carbonyl (C=O) groups is 3. The maximum absolute atomic E-state index is 15.8. The van der Waals surface area contributed by atoms with Crippen molar-refractivity contribution in [3.8, 4) is 0 Å². The topological polar surface area (TPSA) is 94.0 Å². The summed E-state index contributed by atoms with van der Waals surface area (Å²) in [5, 5.41) is 0. The number of nitrogens with zero attached hydrogens (tertiary/aromatic N) is 4. The van der Waals surface area contributed by atoms with E-state index >= 15 is 8.78 Å².